The minimum absolute atomic E-state index is 0.0549. The molecule has 3 amide bonds. The highest BCUT2D eigenvalue weighted by molar-refractivity contribution is 5.81. The first-order valence-electron chi connectivity index (χ1n) is 9.91. The number of carbonyl (C=O) groups excluding carboxylic acids is 3. The molecule has 0 aromatic rings. The van der Waals surface area contributed by atoms with Gasteiger partial charge in [-0.25, -0.2) is 9.59 Å². The third kappa shape index (κ3) is 6.29. The monoisotopic (exact) mass is 383 g/mol. The Morgan fingerprint density at radius 2 is 1.59 bits per heavy atom. The zero-order valence-corrected chi connectivity index (χ0v) is 17.0. The Morgan fingerprint density at radius 3 is 2.19 bits per heavy atom. The van der Waals surface area contributed by atoms with Crippen molar-refractivity contribution < 1.29 is 23.9 Å². The van der Waals surface area contributed by atoms with Crippen LogP contribution in [0.1, 0.15) is 53.4 Å². The molecule has 1 heterocycles. The van der Waals surface area contributed by atoms with Gasteiger partial charge in [0.1, 0.15) is 5.60 Å². The van der Waals surface area contributed by atoms with Gasteiger partial charge in [0.25, 0.3) is 0 Å². The Morgan fingerprint density at radius 1 is 1.00 bits per heavy atom. The summed E-state index contributed by atoms with van der Waals surface area (Å²) in [5.74, 6) is -0.181. The molecule has 0 aromatic heterocycles. The zero-order chi connectivity index (χ0) is 20.0. The van der Waals surface area contributed by atoms with E-state index in [4.69, 9.17) is 9.47 Å². The van der Waals surface area contributed by atoms with E-state index in [-0.39, 0.29) is 24.0 Å². The lowest BCUT2D eigenvalue weighted by atomic mass is 9.83. The maximum Gasteiger partial charge on any atom is 0.409 e. The first-order chi connectivity index (χ1) is 12.7. The SMILES string of the molecule is CCOC(=O)N1CCN(C(=O)[C@H]2CCCC[C@@H]2NC(=O)OC(C)(C)C)CC1. The molecule has 1 saturated heterocycles. The number of nitrogens with one attached hydrogen (secondary N) is 1. The van der Waals surface area contributed by atoms with Crippen molar-refractivity contribution in [3.05, 3.63) is 0 Å². The van der Waals surface area contributed by atoms with Crippen LogP contribution in [0, 0.1) is 5.92 Å². The molecule has 2 rings (SSSR count). The van der Waals surface area contributed by atoms with Gasteiger partial charge in [-0.1, -0.05) is 12.8 Å². The van der Waals surface area contributed by atoms with Gasteiger partial charge in [-0.2, -0.15) is 0 Å². The van der Waals surface area contributed by atoms with Crippen LogP contribution in [0.15, 0.2) is 0 Å². The largest absolute Gasteiger partial charge is 0.450 e. The first kappa shape index (κ1) is 21.3. The Balaban J connectivity index is 1.91. The van der Waals surface area contributed by atoms with Gasteiger partial charge in [0, 0.05) is 32.2 Å². The Bertz CT molecular complexity index is 538. The van der Waals surface area contributed by atoms with Crippen LogP contribution in [0.3, 0.4) is 0 Å². The summed E-state index contributed by atoms with van der Waals surface area (Å²) in [5, 5.41) is 2.90. The third-order valence-electron chi connectivity index (χ3n) is 4.90. The summed E-state index contributed by atoms with van der Waals surface area (Å²) >= 11 is 0. The van der Waals surface area contributed by atoms with Crippen LogP contribution < -0.4 is 5.32 Å². The molecule has 0 radical (unpaired) electrons. The Hall–Kier alpha value is -1.99. The van der Waals surface area contributed by atoms with Crippen LogP contribution in [0.5, 0.6) is 0 Å². The van der Waals surface area contributed by atoms with E-state index in [2.05, 4.69) is 5.32 Å². The molecule has 0 spiro atoms. The van der Waals surface area contributed by atoms with Gasteiger partial charge in [0.2, 0.25) is 5.91 Å². The fraction of sp³-hybridized carbons (Fsp3) is 0.842. The Kier molecular flexibility index (Phi) is 7.33. The van der Waals surface area contributed by atoms with Crippen molar-refractivity contribution in [3.63, 3.8) is 0 Å². The molecule has 27 heavy (non-hydrogen) atoms. The summed E-state index contributed by atoms with van der Waals surface area (Å²) in [4.78, 5) is 40.4. The average molecular weight is 383 g/mol. The molecule has 1 aliphatic heterocycles. The third-order valence-corrected chi connectivity index (χ3v) is 4.90. The van der Waals surface area contributed by atoms with Gasteiger partial charge >= 0.3 is 12.2 Å². The number of amides is 3. The van der Waals surface area contributed by atoms with Crippen molar-refractivity contribution in [3.8, 4) is 0 Å². The van der Waals surface area contributed by atoms with Crippen LogP contribution in [-0.2, 0) is 14.3 Å². The smallest absolute Gasteiger partial charge is 0.409 e. The maximum absolute atomic E-state index is 13.0. The van der Waals surface area contributed by atoms with Gasteiger partial charge in [0.05, 0.1) is 12.5 Å². The summed E-state index contributed by atoms with van der Waals surface area (Å²) in [7, 11) is 0. The summed E-state index contributed by atoms with van der Waals surface area (Å²) in [6, 6.07) is -0.204. The quantitative estimate of drug-likeness (QED) is 0.808. The maximum atomic E-state index is 13.0. The summed E-state index contributed by atoms with van der Waals surface area (Å²) in [6.45, 7) is 9.51. The minimum Gasteiger partial charge on any atom is -0.450 e. The molecule has 0 bridgehead atoms. The zero-order valence-electron chi connectivity index (χ0n) is 17.0. The second-order valence-corrected chi connectivity index (χ2v) is 8.15. The summed E-state index contributed by atoms with van der Waals surface area (Å²) < 4.78 is 10.4. The topological polar surface area (TPSA) is 88.2 Å². The number of ether oxygens (including phenoxy) is 2. The van der Waals surface area contributed by atoms with E-state index >= 15 is 0 Å². The van der Waals surface area contributed by atoms with E-state index in [0.717, 1.165) is 25.7 Å². The van der Waals surface area contributed by atoms with E-state index in [1.54, 1.807) is 16.7 Å². The van der Waals surface area contributed by atoms with Crippen LogP contribution in [0.2, 0.25) is 0 Å². The molecule has 2 atom stereocenters. The van der Waals surface area contributed by atoms with Crippen molar-refractivity contribution >= 4 is 18.1 Å². The molecular weight excluding hydrogens is 350 g/mol. The van der Waals surface area contributed by atoms with Gasteiger partial charge in [-0.3, -0.25) is 4.79 Å². The van der Waals surface area contributed by atoms with Gasteiger partial charge in [0.15, 0.2) is 0 Å². The predicted molar refractivity (Wildman–Crippen MR) is 100 cm³/mol. The molecule has 2 fully saturated rings. The van der Waals surface area contributed by atoms with Crippen LogP contribution in [-0.4, -0.2) is 72.3 Å². The van der Waals surface area contributed by atoms with E-state index < -0.39 is 11.7 Å². The summed E-state index contributed by atoms with van der Waals surface area (Å²) in [5.41, 5.74) is -0.568. The normalized spacial score (nSPS) is 23.6. The number of piperazine rings is 1. The molecule has 1 aliphatic carbocycles. The number of hydrogen-bond acceptors (Lipinski definition) is 5. The van der Waals surface area contributed by atoms with Crippen LogP contribution in [0.4, 0.5) is 9.59 Å². The van der Waals surface area contributed by atoms with E-state index in [1.807, 2.05) is 20.8 Å². The second kappa shape index (κ2) is 9.28. The highest BCUT2D eigenvalue weighted by Gasteiger charge is 2.36. The Labute approximate surface area is 161 Å². The lowest BCUT2D eigenvalue weighted by Crippen LogP contribution is -2.55. The number of nitrogens with zero attached hydrogens (tertiary/aromatic N) is 2. The van der Waals surface area contributed by atoms with E-state index in [9.17, 15) is 14.4 Å². The number of hydrogen-bond donors (Lipinski definition) is 1. The van der Waals surface area contributed by atoms with Crippen molar-refractivity contribution in [2.24, 2.45) is 5.92 Å². The fourth-order valence-corrected chi connectivity index (χ4v) is 3.62. The van der Waals surface area contributed by atoms with Crippen molar-refractivity contribution in [1.82, 2.24) is 15.1 Å². The summed E-state index contributed by atoms with van der Waals surface area (Å²) in [6.07, 6.45) is 2.70. The average Bonchev–Trinajstić information content (AvgIpc) is 2.60. The van der Waals surface area contributed by atoms with Crippen molar-refractivity contribution in [1.29, 1.82) is 0 Å². The van der Waals surface area contributed by atoms with E-state index in [0.29, 0.717) is 32.8 Å². The van der Waals surface area contributed by atoms with E-state index in [1.165, 1.54) is 0 Å². The molecular formula is C19H33N3O5. The van der Waals surface area contributed by atoms with Gasteiger partial charge in [-0.15, -0.1) is 0 Å². The second-order valence-electron chi connectivity index (χ2n) is 8.15. The van der Waals surface area contributed by atoms with Crippen LogP contribution in [0.25, 0.3) is 0 Å². The number of carbonyl (C=O) groups is 3. The minimum atomic E-state index is -0.568. The standard InChI is InChI=1S/C19H33N3O5/c1-5-26-18(25)22-12-10-21(11-13-22)16(23)14-8-6-7-9-15(14)20-17(24)27-19(2,3)4/h14-15H,5-13H2,1-4H3,(H,20,24)/t14-,15-/m0/s1. The number of rotatable bonds is 3. The molecule has 1 N–H and O–H groups in total. The molecule has 1 saturated carbocycles. The fourth-order valence-electron chi connectivity index (χ4n) is 3.62. The molecule has 154 valence electrons. The molecule has 2 aliphatic rings. The molecule has 8 heteroatoms. The first-order valence-corrected chi connectivity index (χ1v) is 9.91. The number of alkyl carbamates (subject to hydrolysis) is 1. The highest BCUT2D eigenvalue weighted by Crippen LogP contribution is 2.27. The molecule has 0 aromatic carbocycles. The van der Waals surface area contributed by atoms with Crippen molar-refractivity contribution in [2.45, 2.75) is 65.0 Å². The van der Waals surface area contributed by atoms with Gasteiger partial charge in [-0.05, 0) is 40.5 Å². The molecule has 0 unspecified atom stereocenters. The molecule has 8 nitrogen and oxygen atoms in total. The lowest BCUT2D eigenvalue weighted by Gasteiger charge is -2.39. The van der Waals surface area contributed by atoms with Crippen LogP contribution >= 0.6 is 0 Å². The predicted octanol–water partition coefficient (Wildman–Crippen LogP) is 2.37. The van der Waals surface area contributed by atoms with Gasteiger partial charge < -0.3 is 24.6 Å². The lowest BCUT2D eigenvalue weighted by molar-refractivity contribution is -0.139. The highest BCUT2D eigenvalue weighted by atomic mass is 16.6. The van der Waals surface area contributed by atoms with Crippen molar-refractivity contribution in [2.75, 3.05) is 32.8 Å².